The molecule has 0 unspecified atom stereocenters. The minimum Gasteiger partial charge on any atom is -0.486 e. The summed E-state index contributed by atoms with van der Waals surface area (Å²) in [6.07, 6.45) is 5.37. The Labute approximate surface area is 155 Å². The molecule has 0 radical (unpaired) electrons. The molecule has 1 aromatic carbocycles. The van der Waals surface area contributed by atoms with Crippen LogP contribution in [0.4, 0.5) is 0 Å². The summed E-state index contributed by atoms with van der Waals surface area (Å²) in [5.41, 5.74) is 0.866. The molecule has 0 spiro atoms. The fraction of sp³-hybridized carbons (Fsp3) is 0.263. The molecule has 3 aromatic rings. The van der Waals surface area contributed by atoms with Gasteiger partial charge >= 0.3 is 0 Å². The van der Waals surface area contributed by atoms with Crippen LogP contribution in [0.5, 0.6) is 5.75 Å². The Morgan fingerprint density at radius 3 is 3.00 bits per heavy atom. The van der Waals surface area contributed by atoms with Gasteiger partial charge < -0.3 is 14.8 Å². The largest absolute Gasteiger partial charge is 0.486 e. The zero-order valence-electron chi connectivity index (χ0n) is 14.4. The molecular formula is C19H17N5O3. The number of hydrogen-bond donors (Lipinski definition) is 1. The average molecular weight is 363 g/mol. The Bertz CT molecular complexity index is 959. The van der Waals surface area contributed by atoms with Crippen LogP contribution in [0.25, 0.3) is 5.78 Å². The summed E-state index contributed by atoms with van der Waals surface area (Å²) in [4.78, 5) is 21.0. The maximum absolute atomic E-state index is 12.6. The van der Waals surface area contributed by atoms with Crippen molar-refractivity contribution in [2.24, 2.45) is 0 Å². The number of hydrogen-bond acceptors (Lipinski definition) is 6. The van der Waals surface area contributed by atoms with Crippen LogP contribution in [-0.4, -0.2) is 45.6 Å². The lowest BCUT2D eigenvalue weighted by Crippen LogP contribution is -2.51. The number of nitrogens with zero attached hydrogens (tertiary/aromatic N) is 4. The van der Waals surface area contributed by atoms with E-state index in [1.807, 2.05) is 0 Å². The van der Waals surface area contributed by atoms with Crippen LogP contribution in [0.2, 0.25) is 0 Å². The van der Waals surface area contributed by atoms with E-state index in [1.54, 1.807) is 53.3 Å². The number of nitrogens with one attached hydrogen (secondary N) is 1. The summed E-state index contributed by atoms with van der Waals surface area (Å²) < 4.78 is 13.2. The Morgan fingerprint density at radius 1 is 1.37 bits per heavy atom. The van der Waals surface area contributed by atoms with Crippen molar-refractivity contribution in [3.8, 4) is 11.8 Å². The lowest BCUT2D eigenvalue weighted by molar-refractivity contribution is -0.0135. The highest BCUT2D eigenvalue weighted by Crippen LogP contribution is 2.19. The first-order valence-electron chi connectivity index (χ1n) is 8.58. The average Bonchev–Trinajstić information content (AvgIpc) is 3.14. The highest BCUT2D eigenvalue weighted by atomic mass is 16.5. The van der Waals surface area contributed by atoms with E-state index in [4.69, 9.17) is 14.7 Å². The van der Waals surface area contributed by atoms with Crippen molar-refractivity contribution < 1.29 is 14.3 Å². The van der Waals surface area contributed by atoms with Crippen LogP contribution < -0.4 is 10.1 Å². The van der Waals surface area contributed by atoms with Gasteiger partial charge in [0.25, 0.3) is 5.91 Å². The standard InChI is InChI=1S/C19H17N5O3/c20-10-13-2-4-14(5-3-13)27-17-12-26-9-6-15(17)22-18(25)16-11-24-8-1-7-21-19(24)23-16/h1-5,7-8,11,15,17H,6,9,12H2,(H,22,25)/t15-,17-/m1/s1. The number of ether oxygens (including phenoxy) is 2. The number of amides is 1. The molecule has 4 rings (SSSR count). The molecule has 2 atom stereocenters. The summed E-state index contributed by atoms with van der Waals surface area (Å²) in [7, 11) is 0. The Kier molecular flexibility index (Phi) is 4.68. The third kappa shape index (κ3) is 3.73. The molecule has 0 saturated carbocycles. The zero-order chi connectivity index (χ0) is 18.6. The molecule has 1 aliphatic rings. The van der Waals surface area contributed by atoms with E-state index in [-0.39, 0.29) is 18.1 Å². The van der Waals surface area contributed by atoms with Crippen LogP contribution in [0.3, 0.4) is 0 Å². The van der Waals surface area contributed by atoms with Gasteiger partial charge in [-0.2, -0.15) is 5.26 Å². The molecule has 0 bridgehead atoms. The van der Waals surface area contributed by atoms with E-state index in [2.05, 4.69) is 21.4 Å². The number of imidazole rings is 1. The van der Waals surface area contributed by atoms with E-state index in [0.29, 0.717) is 42.4 Å². The molecule has 1 fully saturated rings. The maximum atomic E-state index is 12.6. The predicted octanol–water partition coefficient (Wildman–Crippen LogP) is 1.57. The molecule has 2 aromatic heterocycles. The summed E-state index contributed by atoms with van der Waals surface area (Å²) >= 11 is 0. The van der Waals surface area contributed by atoms with Crippen LogP contribution in [-0.2, 0) is 4.74 Å². The Balaban J connectivity index is 1.46. The molecule has 8 nitrogen and oxygen atoms in total. The van der Waals surface area contributed by atoms with Crippen molar-refractivity contribution >= 4 is 11.7 Å². The van der Waals surface area contributed by atoms with Gasteiger partial charge in [0.2, 0.25) is 5.78 Å². The molecule has 1 saturated heterocycles. The second-order valence-electron chi connectivity index (χ2n) is 6.19. The van der Waals surface area contributed by atoms with E-state index < -0.39 is 0 Å². The lowest BCUT2D eigenvalue weighted by atomic mass is 10.1. The van der Waals surface area contributed by atoms with Gasteiger partial charge in [-0.15, -0.1) is 0 Å². The SMILES string of the molecule is N#Cc1ccc(O[C@@H]2COCC[C@H]2NC(=O)c2cn3cccnc3n2)cc1. The highest BCUT2D eigenvalue weighted by molar-refractivity contribution is 5.93. The van der Waals surface area contributed by atoms with Gasteiger partial charge in [-0.3, -0.25) is 9.20 Å². The Hall–Kier alpha value is -3.44. The smallest absolute Gasteiger partial charge is 0.271 e. The number of rotatable bonds is 4. The van der Waals surface area contributed by atoms with Gasteiger partial charge in [-0.1, -0.05) is 0 Å². The minimum atomic E-state index is -0.328. The third-order valence-corrected chi connectivity index (χ3v) is 4.36. The normalized spacial score (nSPS) is 19.4. The van der Waals surface area contributed by atoms with Gasteiger partial charge in [0.15, 0.2) is 0 Å². The monoisotopic (exact) mass is 363 g/mol. The van der Waals surface area contributed by atoms with Crippen LogP contribution in [0.15, 0.2) is 48.9 Å². The maximum Gasteiger partial charge on any atom is 0.271 e. The van der Waals surface area contributed by atoms with Crippen molar-refractivity contribution in [2.75, 3.05) is 13.2 Å². The van der Waals surface area contributed by atoms with Crippen molar-refractivity contribution in [3.05, 3.63) is 60.2 Å². The molecule has 136 valence electrons. The molecule has 0 aliphatic carbocycles. The Morgan fingerprint density at radius 2 is 2.22 bits per heavy atom. The lowest BCUT2D eigenvalue weighted by Gasteiger charge is -2.32. The van der Waals surface area contributed by atoms with Crippen molar-refractivity contribution in [1.82, 2.24) is 19.7 Å². The number of benzene rings is 1. The number of nitriles is 1. The number of carbonyl (C=O) groups is 1. The molecule has 3 heterocycles. The predicted molar refractivity (Wildman–Crippen MR) is 95.3 cm³/mol. The van der Waals surface area contributed by atoms with E-state index in [0.717, 1.165) is 0 Å². The quantitative estimate of drug-likeness (QED) is 0.755. The number of carbonyl (C=O) groups excluding carboxylic acids is 1. The summed E-state index contributed by atoms with van der Waals surface area (Å²) in [6, 6.07) is 10.5. The topological polar surface area (TPSA) is 102 Å². The van der Waals surface area contributed by atoms with Crippen molar-refractivity contribution in [2.45, 2.75) is 18.6 Å². The fourth-order valence-electron chi connectivity index (χ4n) is 2.96. The first-order chi connectivity index (χ1) is 13.2. The molecule has 1 N–H and O–H groups in total. The van der Waals surface area contributed by atoms with Crippen molar-refractivity contribution in [3.63, 3.8) is 0 Å². The van der Waals surface area contributed by atoms with Crippen LogP contribution >= 0.6 is 0 Å². The summed E-state index contributed by atoms with van der Waals surface area (Å²) in [5.74, 6) is 0.821. The molecular weight excluding hydrogens is 346 g/mol. The summed E-state index contributed by atoms with van der Waals surface area (Å²) in [6.45, 7) is 0.919. The van der Waals surface area contributed by atoms with Gasteiger partial charge in [-0.05, 0) is 36.8 Å². The van der Waals surface area contributed by atoms with E-state index in [1.165, 1.54) is 0 Å². The molecule has 8 heteroatoms. The van der Waals surface area contributed by atoms with Crippen LogP contribution in [0.1, 0.15) is 22.5 Å². The first-order valence-corrected chi connectivity index (χ1v) is 8.58. The van der Waals surface area contributed by atoms with Crippen LogP contribution in [0, 0.1) is 11.3 Å². The minimum absolute atomic E-state index is 0.209. The zero-order valence-corrected chi connectivity index (χ0v) is 14.4. The number of fused-ring (bicyclic) bond motifs is 1. The molecule has 1 amide bonds. The second kappa shape index (κ2) is 7.43. The molecule has 1 aliphatic heterocycles. The van der Waals surface area contributed by atoms with Gasteiger partial charge in [-0.25, -0.2) is 9.97 Å². The van der Waals surface area contributed by atoms with E-state index in [9.17, 15) is 4.79 Å². The van der Waals surface area contributed by atoms with Gasteiger partial charge in [0, 0.05) is 25.2 Å². The first kappa shape index (κ1) is 17.0. The van der Waals surface area contributed by atoms with E-state index >= 15 is 0 Å². The second-order valence-corrected chi connectivity index (χ2v) is 6.19. The molecule has 27 heavy (non-hydrogen) atoms. The van der Waals surface area contributed by atoms with Gasteiger partial charge in [0.1, 0.15) is 17.5 Å². The fourth-order valence-corrected chi connectivity index (χ4v) is 2.96. The van der Waals surface area contributed by atoms with Crippen molar-refractivity contribution in [1.29, 1.82) is 5.26 Å². The highest BCUT2D eigenvalue weighted by Gasteiger charge is 2.30. The third-order valence-electron chi connectivity index (χ3n) is 4.36. The summed E-state index contributed by atoms with van der Waals surface area (Å²) in [5, 5.41) is 11.9. The number of aromatic nitrogens is 3. The van der Waals surface area contributed by atoms with Gasteiger partial charge in [0.05, 0.1) is 24.3 Å².